The van der Waals surface area contributed by atoms with Crippen LogP contribution >= 0.6 is 0 Å². The fourth-order valence-electron chi connectivity index (χ4n) is 2.64. The van der Waals surface area contributed by atoms with Crippen LogP contribution in [-0.4, -0.2) is 18.9 Å². The maximum Gasteiger partial charge on any atom is 0.313 e. The van der Waals surface area contributed by atoms with Crippen LogP contribution in [0.3, 0.4) is 0 Å². The van der Waals surface area contributed by atoms with Crippen LogP contribution < -0.4 is 15.4 Å². The van der Waals surface area contributed by atoms with E-state index in [9.17, 15) is 9.59 Å². The molecule has 0 saturated carbocycles. The summed E-state index contributed by atoms with van der Waals surface area (Å²) >= 11 is 0. The Bertz CT molecular complexity index is 734. The van der Waals surface area contributed by atoms with Gasteiger partial charge in [-0.25, -0.2) is 0 Å². The van der Waals surface area contributed by atoms with Gasteiger partial charge in [-0.2, -0.15) is 0 Å². The Morgan fingerprint density at radius 1 is 0.962 bits per heavy atom. The molecule has 0 aliphatic carbocycles. The van der Waals surface area contributed by atoms with Gasteiger partial charge in [-0.1, -0.05) is 51.1 Å². The van der Waals surface area contributed by atoms with Crippen molar-refractivity contribution in [2.45, 2.75) is 33.2 Å². The van der Waals surface area contributed by atoms with Gasteiger partial charge in [0.25, 0.3) is 0 Å². The van der Waals surface area contributed by atoms with Gasteiger partial charge in [0.2, 0.25) is 0 Å². The number of rotatable bonds is 5. The van der Waals surface area contributed by atoms with Crippen molar-refractivity contribution < 1.29 is 14.3 Å². The highest BCUT2D eigenvalue weighted by Gasteiger charge is 2.24. The third kappa shape index (κ3) is 5.92. The molecule has 2 N–H and O–H groups in total. The normalized spacial score (nSPS) is 12.2. The van der Waals surface area contributed by atoms with Gasteiger partial charge in [0.1, 0.15) is 5.75 Å². The van der Waals surface area contributed by atoms with Crippen LogP contribution in [0.2, 0.25) is 0 Å². The van der Waals surface area contributed by atoms with Crippen molar-refractivity contribution in [1.82, 2.24) is 5.32 Å². The van der Waals surface area contributed by atoms with Crippen molar-refractivity contribution >= 4 is 17.5 Å². The van der Waals surface area contributed by atoms with E-state index in [4.69, 9.17) is 4.74 Å². The summed E-state index contributed by atoms with van der Waals surface area (Å²) in [6.07, 6.45) is 0.721. The number of hydrogen-bond acceptors (Lipinski definition) is 3. The summed E-state index contributed by atoms with van der Waals surface area (Å²) in [6, 6.07) is 16.3. The van der Waals surface area contributed by atoms with E-state index in [0.717, 1.165) is 12.0 Å². The molecule has 2 aromatic rings. The van der Waals surface area contributed by atoms with Crippen LogP contribution in [0, 0.1) is 5.41 Å². The zero-order chi connectivity index (χ0) is 19.2. The zero-order valence-corrected chi connectivity index (χ0v) is 15.7. The number of carbonyl (C=O) groups is 2. The van der Waals surface area contributed by atoms with Crippen molar-refractivity contribution in [3.8, 4) is 5.75 Å². The van der Waals surface area contributed by atoms with Crippen LogP contribution in [0.15, 0.2) is 54.6 Å². The fourth-order valence-corrected chi connectivity index (χ4v) is 2.64. The highest BCUT2D eigenvalue weighted by atomic mass is 16.5. The summed E-state index contributed by atoms with van der Waals surface area (Å²) in [7, 11) is 1.57. The van der Waals surface area contributed by atoms with Gasteiger partial charge in [-0.3, -0.25) is 9.59 Å². The van der Waals surface area contributed by atoms with Gasteiger partial charge >= 0.3 is 11.8 Å². The van der Waals surface area contributed by atoms with E-state index >= 15 is 0 Å². The van der Waals surface area contributed by atoms with Gasteiger partial charge in [-0.15, -0.1) is 0 Å². The Kier molecular flexibility index (Phi) is 6.39. The number of amides is 2. The first-order valence-electron chi connectivity index (χ1n) is 8.59. The molecule has 26 heavy (non-hydrogen) atoms. The smallest absolute Gasteiger partial charge is 0.313 e. The average Bonchev–Trinajstić information content (AvgIpc) is 2.61. The van der Waals surface area contributed by atoms with E-state index in [1.165, 1.54) is 0 Å². The predicted molar refractivity (Wildman–Crippen MR) is 103 cm³/mol. The minimum atomic E-state index is -0.690. The molecule has 2 rings (SSSR count). The van der Waals surface area contributed by atoms with Crippen LogP contribution in [0.25, 0.3) is 0 Å². The molecule has 2 aromatic carbocycles. The Labute approximate surface area is 154 Å². The molecule has 2 amide bonds. The third-order valence-corrected chi connectivity index (χ3v) is 3.88. The Hall–Kier alpha value is -2.82. The summed E-state index contributed by atoms with van der Waals surface area (Å²) < 4.78 is 5.08. The molecule has 0 heterocycles. The number of ether oxygens (including phenoxy) is 1. The number of methoxy groups -OCH3 is 1. The molecule has 0 unspecified atom stereocenters. The number of hydrogen-bond donors (Lipinski definition) is 2. The van der Waals surface area contributed by atoms with Gasteiger partial charge < -0.3 is 15.4 Å². The minimum absolute atomic E-state index is 0.000246. The van der Waals surface area contributed by atoms with Gasteiger partial charge in [-0.05, 0) is 41.7 Å². The molecule has 0 radical (unpaired) electrons. The van der Waals surface area contributed by atoms with Crippen LogP contribution in [0.1, 0.15) is 38.8 Å². The number of nitrogens with one attached hydrogen (secondary N) is 2. The first kappa shape index (κ1) is 19.5. The first-order chi connectivity index (χ1) is 12.3. The largest absolute Gasteiger partial charge is 0.497 e. The van der Waals surface area contributed by atoms with E-state index in [-0.39, 0.29) is 11.5 Å². The lowest BCUT2D eigenvalue weighted by Gasteiger charge is -2.27. The quantitative estimate of drug-likeness (QED) is 0.800. The highest BCUT2D eigenvalue weighted by molar-refractivity contribution is 6.39. The summed E-state index contributed by atoms with van der Waals surface area (Å²) in [5, 5.41) is 5.46. The molecule has 1 atom stereocenters. The monoisotopic (exact) mass is 354 g/mol. The third-order valence-electron chi connectivity index (χ3n) is 3.88. The average molecular weight is 354 g/mol. The fraction of sp³-hybridized carbons (Fsp3) is 0.333. The summed E-state index contributed by atoms with van der Waals surface area (Å²) in [6.45, 7) is 6.31. The van der Waals surface area contributed by atoms with E-state index in [1.54, 1.807) is 31.4 Å². The Balaban J connectivity index is 2.06. The molecule has 138 valence electrons. The van der Waals surface area contributed by atoms with Crippen molar-refractivity contribution in [2.24, 2.45) is 5.41 Å². The Morgan fingerprint density at radius 2 is 1.58 bits per heavy atom. The topological polar surface area (TPSA) is 67.4 Å². The van der Waals surface area contributed by atoms with Crippen molar-refractivity contribution in [1.29, 1.82) is 0 Å². The number of benzene rings is 2. The molecule has 0 saturated heterocycles. The van der Waals surface area contributed by atoms with Crippen LogP contribution in [0.5, 0.6) is 5.75 Å². The molecule has 0 aliphatic rings. The summed E-state index contributed by atoms with van der Waals surface area (Å²) in [5.74, 6) is -0.661. The number of carbonyl (C=O) groups excluding carboxylic acids is 2. The molecule has 0 aromatic heterocycles. The molecule has 0 aliphatic heterocycles. The van der Waals surface area contributed by atoms with E-state index in [2.05, 4.69) is 31.4 Å². The summed E-state index contributed by atoms with van der Waals surface area (Å²) in [5.41, 5.74) is 1.52. The highest BCUT2D eigenvalue weighted by Crippen LogP contribution is 2.29. The maximum atomic E-state index is 12.4. The Morgan fingerprint density at radius 3 is 2.12 bits per heavy atom. The molecule has 0 fully saturated rings. The lowest BCUT2D eigenvalue weighted by atomic mass is 9.85. The maximum absolute atomic E-state index is 12.4. The standard InChI is InChI=1S/C21H26N2O3/c1-21(2,3)14-18(15-8-6-5-7-9-15)23-20(25)19(24)22-16-10-12-17(26-4)13-11-16/h5-13,18H,14H2,1-4H3,(H,22,24)(H,23,25)/t18-/m0/s1. The SMILES string of the molecule is COc1ccc(NC(=O)C(=O)N[C@@H](CC(C)(C)C)c2ccccc2)cc1. The predicted octanol–water partition coefficient (Wildman–Crippen LogP) is 3.93. The lowest BCUT2D eigenvalue weighted by Crippen LogP contribution is -2.39. The van der Waals surface area contributed by atoms with Gasteiger partial charge in [0, 0.05) is 5.69 Å². The second-order valence-electron chi connectivity index (χ2n) is 7.38. The van der Waals surface area contributed by atoms with Crippen LogP contribution in [-0.2, 0) is 9.59 Å². The second-order valence-corrected chi connectivity index (χ2v) is 7.38. The molecule has 0 spiro atoms. The van der Waals surface area contributed by atoms with Crippen molar-refractivity contribution in [3.63, 3.8) is 0 Å². The zero-order valence-electron chi connectivity index (χ0n) is 15.7. The van der Waals surface area contributed by atoms with Crippen LogP contribution in [0.4, 0.5) is 5.69 Å². The van der Waals surface area contributed by atoms with Crippen molar-refractivity contribution in [2.75, 3.05) is 12.4 Å². The minimum Gasteiger partial charge on any atom is -0.497 e. The summed E-state index contributed by atoms with van der Waals surface area (Å²) in [4.78, 5) is 24.6. The molecular weight excluding hydrogens is 328 g/mol. The lowest BCUT2D eigenvalue weighted by molar-refractivity contribution is -0.136. The van der Waals surface area contributed by atoms with Crippen molar-refractivity contribution in [3.05, 3.63) is 60.2 Å². The van der Waals surface area contributed by atoms with E-state index in [1.807, 2.05) is 30.3 Å². The van der Waals surface area contributed by atoms with E-state index in [0.29, 0.717) is 11.4 Å². The van der Waals surface area contributed by atoms with Gasteiger partial charge in [0.15, 0.2) is 0 Å². The molecule has 5 nitrogen and oxygen atoms in total. The van der Waals surface area contributed by atoms with E-state index < -0.39 is 11.8 Å². The first-order valence-corrected chi connectivity index (χ1v) is 8.59. The second kappa shape index (κ2) is 8.52. The molecular formula is C21H26N2O3. The number of anilines is 1. The van der Waals surface area contributed by atoms with Gasteiger partial charge in [0.05, 0.1) is 13.2 Å². The molecule has 5 heteroatoms. The molecule has 0 bridgehead atoms.